The molecule has 25 heavy (non-hydrogen) atoms. The summed E-state index contributed by atoms with van der Waals surface area (Å²) < 4.78 is 51.5. The molecule has 0 bridgehead atoms. The molecular weight excluding hydrogens is 346 g/mol. The number of Topliss-reactive ketones (excluding diaryl/α,β-unsaturated/α-hetero) is 1. The maximum Gasteiger partial charge on any atom is 0.346 e. The van der Waals surface area contributed by atoms with Crippen molar-refractivity contribution in [3.8, 4) is 0 Å². The van der Waals surface area contributed by atoms with Gasteiger partial charge in [-0.3, -0.25) is 4.79 Å². The van der Waals surface area contributed by atoms with Gasteiger partial charge in [0.25, 0.3) is 0 Å². The van der Waals surface area contributed by atoms with Gasteiger partial charge in [-0.25, -0.2) is 8.42 Å². The van der Waals surface area contributed by atoms with Crippen LogP contribution >= 0.6 is 0 Å². The van der Waals surface area contributed by atoms with E-state index in [-0.39, 0.29) is 29.5 Å². The number of sulfone groups is 1. The molecular formula is C19H30F2O3S. The maximum absolute atomic E-state index is 14.4. The molecule has 1 fully saturated rings. The van der Waals surface area contributed by atoms with Crippen molar-refractivity contribution >= 4 is 15.6 Å². The van der Waals surface area contributed by atoms with Gasteiger partial charge in [0, 0.05) is 18.8 Å². The summed E-state index contributed by atoms with van der Waals surface area (Å²) in [5.41, 5.74) is 0.821. The molecule has 0 spiro atoms. The van der Waals surface area contributed by atoms with Crippen LogP contribution in [0, 0.1) is 17.3 Å². The molecule has 3 nitrogen and oxygen atoms in total. The second kappa shape index (κ2) is 6.43. The standard InChI is InChI=1S/C19H30F2O3S/c1-13(10-12-19(20,21)25(23,24)17(2,3)4)14-8-9-15-16(22)7-6-11-18(14,15)5/h8,13,15H,6-7,9-12H2,1-5H3/t13-,15+,18-/m1/s1. The molecule has 0 aliphatic heterocycles. The Morgan fingerprint density at radius 2 is 1.92 bits per heavy atom. The predicted octanol–water partition coefficient (Wildman–Crippen LogP) is 4.91. The minimum Gasteiger partial charge on any atom is -0.299 e. The Morgan fingerprint density at radius 3 is 2.48 bits per heavy atom. The van der Waals surface area contributed by atoms with Gasteiger partial charge < -0.3 is 0 Å². The van der Waals surface area contributed by atoms with Gasteiger partial charge in [-0.1, -0.05) is 25.5 Å². The van der Waals surface area contributed by atoms with E-state index in [1.807, 2.05) is 13.0 Å². The lowest BCUT2D eigenvalue weighted by Crippen LogP contribution is -2.42. The van der Waals surface area contributed by atoms with Crippen LogP contribution in [-0.4, -0.2) is 24.2 Å². The monoisotopic (exact) mass is 376 g/mol. The molecule has 0 N–H and O–H groups in total. The van der Waals surface area contributed by atoms with Crippen molar-refractivity contribution in [2.24, 2.45) is 17.3 Å². The van der Waals surface area contributed by atoms with Gasteiger partial charge in [0.1, 0.15) is 5.78 Å². The summed E-state index contributed by atoms with van der Waals surface area (Å²) in [4.78, 5) is 12.2. The highest BCUT2D eigenvalue weighted by molar-refractivity contribution is 7.93. The van der Waals surface area contributed by atoms with Crippen LogP contribution in [0.25, 0.3) is 0 Å². The summed E-state index contributed by atoms with van der Waals surface area (Å²) in [6, 6.07) is 0. The lowest BCUT2D eigenvalue weighted by molar-refractivity contribution is -0.128. The van der Waals surface area contributed by atoms with Gasteiger partial charge in [-0.05, 0) is 57.8 Å². The van der Waals surface area contributed by atoms with Crippen molar-refractivity contribution in [2.75, 3.05) is 0 Å². The van der Waals surface area contributed by atoms with Crippen LogP contribution < -0.4 is 0 Å². The average Bonchev–Trinajstić information content (AvgIpc) is 2.82. The number of allylic oxidation sites excluding steroid dienone is 2. The Morgan fingerprint density at radius 1 is 1.32 bits per heavy atom. The van der Waals surface area contributed by atoms with Crippen LogP contribution in [0.2, 0.25) is 0 Å². The minimum absolute atomic E-state index is 0.0301. The molecule has 2 aliphatic rings. The zero-order valence-corrected chi connectivity index (χ0v) is 16.7. The zero-order valence-electron chi connectivity index (χ0n) is 15.9. The molecule has 2 rings (SSSR count). The van der Waals surface area contributed by atoms with Crippen molar-refractivity contribution in [3.05, 3.63) is 11.6 Å². The van der Waals surface area contributed by atoms with Gasteiger partial charge >= 0.3 is 5.25 Å². The summed E-state index contributed by atoms with van der Waals surface area (Å²) >= 11 is 0. The highest BCUT2D eigenvalue weighted by atomic mass is 32.2. The lowest BCUT2D eigenvalue weighted by atomic mass is 9.63. The molecule has 2 aliphatic carbocycles. The second-order valence-corrected chi connectivity index (χ2v) is 11.7. The lowest BCUT2D eigenvalue weighted by Gasteiger charge is -2.40. The number of carbonyl (C=O) groups excluding carboxylic acids is 1. The van der Waals surface area contributed by atoms with Crippen molar-refractivity contribution in [3.63, 3.8) is 0 Å². The number of carbonyl (C=O) groups is 1. The molecule has 3 atom stereocenters. The van der Waals surface area contributed by atoms with E-state index in [0.717, 1.165) is 18.4 Å². The molecule has 6 heteroatoms. The zero-order chi connectivity index (χ0) is 19.3. The molecule has 0 aromatic rings. The number of alkyl halides is 2. The third-order valence-electron chi connectivity index (χ3n) is 6.11. The van der Waals surface area contributed by atoms with Crippen LogP contribution in [0.1, 0.15) is 73.1 Å². The van der Waals surface area contributed by atoms with Crippen LogP contribution in [0.5, 0.6) is 0 Å². The number of halogens is 2. The van der Waals surface area contributed by atoms with E-state index in [0.29, 0.717) is 12.8 Å². The largest absolute Gasteiger partial charge is 0.346 e. The summed E-state index contributed by atoms with van der Waals surface area (Å²) in [6.45, 7) is 7.85. The molecule has 0 aromatic carbocycles. The summed E-state index contributed by atoms with van der Waals surface area (Å²) in [7, 11) is -4.55. The van der Waals surface area contributed by atoms with Crippen molar-refractivity contribution in [1.29, 1.82) is 0 Å². The van der Waals surface area contributed by atoms with Gasteiger partial charge in [0.2, 0.25) is 9.84 Å². The molecule has 0 radical (unpaired) electrons. The van der Waals surface area contributed by atoms with Crippen molar-refractivity contribution in [2.45, 2.75) is 83.1 Å². The number of fused-ring (bicyclic) bond motifs is 1. The van der Waals surface area contributed by atoms with Crippen LogP contribution in [0.15, 0.2) is 11.6 Å². The highest BCUT2D eigenvalue weighted by Crippen LogP contribution is 2.54. The van der Waals surface area contributed by atoms with Gasteiger partial charge in [-0.2, -0.15) is 8.78 Å². The van der Waals surface area contributed by atoms with E-state index in [1.165, 1.54) is 20.8 Å². The smallest absolute Gasteiger partial charge is 0.299 e. The fourth-order valence-electron chi connectivity index (χ4n) is 4.44. The molecule has 0 unspecified atom stereocenters. The van der Waals surface area contributed by atoms with E-state index in [2.05, 4.69) is 6.92 Å². The van der Waals surface area contributed by atoms with Crippen LogP contribution in [-0.2, 0) is 14.6 Å². The Balaban J connectivity index is 2.11. The Bertz CT molecular complexity index is 673. The predicted molar refractivity (Wildman–Crippen MR) is 95.2 cm³/mol. The molecule has 144 valence electrons. The topological polar surface area (TPSA) is 51.2 Å². The first-order valence-electron chi connectivity index (χ1n) is 9.09. The van der Waals surface area contributed by atoms with Crippen LogP contribution in [0.4, 0.5) is 8.78 Å². The Hall–Kier alpha value is -0.780. The van der Waals surface area contributed by atoms with E-state index in [1.54, 1.807) is 0 Å². The minimum atomic E-state index is -4.55. The normalized spacial score (nSPS) is 29.3. The summed E-state index contributed by atoms with van der Waals surface area (Å²) in [5, 5.41) is -3.73. The molecule has 0 amide bonds. The van der Waals surface area contributed by atoms with Gasteiger partial charge in [0.15, 0.2) is 0 Å². The van der Waals surface area contributed by atoms with Gasteiger partial charge in [-0.15, -0.1) is 0 Å². The number of rotatable bonds is 5. The molecule has 1 saturated carbocycles. The maximum atomic E-state index is 14.4. The summed E-state index contributed by atoms with van der Waals surface area (Å²) in [6.07, 6.45) is 4.49. The first-order valence-corrected chi connectivity index (χ1v) is 10.6. The third-order valence-corrected chi connectivity index (χ3v) is 8.71. The molecule has 0 aromatic heterocycles. The van der Waals surface area contributed by atoms with E-state index >= 15 is 0 Å². The van der Waals surface area contributed by atoms with Crippen molar-refractivity contribution in [1.82, 2.24) is 0 Å². The van der Waals surface area contributed by atoms with E-state index in [4.69, 9.17) is 0 Å². The molecule has 0 heterocycles. The van der Waals surface area contributed by atoms with Crippen LogP contribution in [0.3, 0.4) is 0 Å². The van der Waals surface area contributed by atoms with E-state index < -0.39 is 26.3 Å². The SMILES string of the molecule is C[C@H](CCC(F)(F)S(=O)(=O)C(C)(C)C)C1=CC[C@H]2C(=O)CCC[C@]12C. The fraction of sp³-hybridized carbons (Fsp3) is 0.842. The number of hydrogen-bond donors (Lipinski definition) is 0. The third kappa shape index (κ3) is 3.43. The quantitative estimate of drug-likeness (QED) is 0.640. The van der Waals surface area contributed by atoms with Crippen molar-refractivity contribution < 1.29 is 22.0 Å². The second-order valence-electron chi connectivity index (χ2n) is 8.88. The highest BCUT2D eigenvalue weighted by Gasteiger charge is 2.52. The Labute approximate surface area is 150 Å². The number of ketones is 1. The number of hydrogen-bond acceptors (Lipinski definition) is 3. The fourth-order valence-corrected chi connectivity index (χ4v) is 5.72. The first-order chi connectivity index (χ1) is 11.2. The van der Waals surface area contributed by atoms with Gasteiger partial charge in [0.05, 0.1) is 4.75 Å². The first kappa shape index (κ1) is 20.5. The Kier molecular flexibility index (Phi) is 5.28. The summed E-state index contributed by atoms with van der Waals surface area (Å²) in [5.74, 6) is 0.0901. The molecule has 0 saturated heterocycles. The average molecular weight is 377 g/mol. The van der Waals surface area contributed by atoms with E-state index in [9.17, 15) is 22.0 Å².